The standard InChI is InChI=1S/C33H32FN3O5/c1-18(2)41-27-15-28-25(29(31(39)35-6)30(42-28)20-9-11-22(34)12-10-20)14-24(27)21-8-7-19(3)23(13-21)26(38)16-33(4,5)32-36-17-40-37-32/h7-15,17-18H,16H2,1-6H3,(H,35,39). The van der Waals surface area contributed by atoms with Crippen LogP contribution in [0.4, 0.5) is 4.39 Å². The van der Waals surface area contributed by atoms with Crippen molar-refractivity contribution in [2.24, 2.45) is 0 Å². The Bertz CT molecular complexity index is 1770. The first-order valence-electron chi connectivity index (χ1n) is 13.6. The van der Waals surface area contributed by atoms with Crippen molar-refractivity contribution < 1.29 is 27.7 Å². The van der Waals surface area contributed by atoms with E-state index < -0.39 is 11.2 Å². The van der Waals surface area contributed by atoms with Gasteiger partial charge in [0.05, 0.1) is 11.7 Å². The van der Waals surface area contributed by atoms with Gasteiger partial charge < -0.3 is 19.0 Å². The normalized spacial score (nSPS) is 11.7. The summed E-state index contributed by atoms with van der Waals surface area (Å²) in [5, 5.41) is 7.18. The molecule has 216 valence electrons. The number of nitrogens with one attached hydrogen (secondary N) is 1. The molecule has 9 heteroatoms. The van der Waals surface area contributed by atoms with Crippen molar-refractivity contribution in [1.29, 1.82) is 0 Å². The number of nitrogens with zero attached hydrogens (tertiary/aromatic N) is 2. The third-order valence-corrected chi connectivity index (χ3v) is 7.13. The Labute approximate surface area is 242 Å². The molecule has 42 heavy (non-hydrogen) atoms. The Hall–Kier alpha value is -4.79. The second kappa shape index (κ2) is 11.2. The fourth-order valence-corrected chi connectivity index (χ4v) is 4.99. The Morgan fingerprint density at radius 1 is 1.05 bits per heavy atom. The molecule has 0 aliphatic heterocycles. The maximum absolute atomic E-state index is 13.7. The first-order valence-corrected chi connectivity index (χ1v) is 13.6. The highest BCUT2D eigenvalue weighted by atomic mass is 19.1. The molecular weight excluding hydrogens is 537 g/mol. The largest absolute Gasteiger partial charge is 0.490 e. The van der Waals surface area contributed by atoms with E-state index in [0.29, 0.717) is 50.6 Å². The van der Waals surface area contributed by atoms with Crippen molar-refractivity contribution in [1.82, 2.24) is 15.5 Å². The quantitative estimate of drug-likeness (QED) is 0.186. The molecule has 0 radical (unpaired) electrons. The number of Topliss-reactive ketones (excluding diaryl/α,β-unsaturated/α-hetero) is 1. The smallest absolute Gasteiger partial charge is 0.255 e. The minimum absolute atomic E-state index is 0.0653. The molecule has 0 saturated carbocycles. The van der Waals surface area contributed by atoms with Gasteiger partial charge in [0.15, 0.2) is 11.6 Å². The van der Waals surface area contributed by atoms with E-state index in [9.17, 15) is 14.0 Å². The van der Waals surface area contributed by atoms with E-state index in [1.165, 1.54) is 18.5 Å². The molecule has 5 rings (SSSR count). The molecule has 2 aromatic heterocycles. The average Bonchev–Trinajstić information content (AvgIpc) is 3.61. The van der Waals surface area contributed by atoms with Crippen molar-refractivity contribution in [2.45, 2.75) is 52.6 Å². The summed E-state index contributed by atoms with van der Waals surface area (Å²) in [6, 6.07) is 15.0. The lowest BCUT2D eigenvalue weighted by molar-refractivity contribution is 0.0949. The molecule has 0 atom stereocenters. The van der Waals surface area contributed by atoms with Gasteiger partial charge in [-0.25, -0.2) is 4.39 Å². The molecule has 0 aliphatic rings. The number of carbonyl (C=O) groups excluding carboxylic acids is 2. The maximum atomic E-state index is 13.7. The van der Waals surface area contributed by atoms with E-state index in [2.05, 4.69) is 15.5 Å². The molecule has 1 N–H and O–H groups in total. The van der Waals surface area contributed by atoms with Crippen LogP contribution in [0.5, 0.6) is 5.75 Å². The summed E-state index contributed by atoms with van der Waals surface area (Å²) in [7, 11) is 1.54. The Morgan fingerprint density at radius 2 is 1.76 bits per heavy atom. The van der Waals surface area contributed by atoms with Gasteiger partial charge in [0.1, 0.15) is 22.9 Å². The molecule has 0 bridgehead atoms. The number of ether oxygens (including phenoxy) is 1. The van der Waals surface area contributed by atoms with Gasteiger partial charge in [-0.1, -0.05) is 31.1 Å². The Balaban J connectivity index is 1.66. The number of aryl methyl sites for hydroxylation is 1. The van der Waals surface area contributed by atoms with Gasteiger partial charge in [-0.05, 0) is 68.3 Å². The number of ketones is 1. The van der Waals surface area contributed by atoms with Crippen molar-refractivity contribution in [3.63, 3.8) is 0 Å². The lowest BCUT2D eigenvalue weighted by atomic mass is 9.83. The lowest BCUT2D eigenvalue weighted by Crippen LogP contribution is -2.24. The predicted molar refractivity (Wildman–Crippen MR) is 157 cm³/mol. The van der Waals surface area contributed by atoms with Gasteiger partial charge in [-0.2, -0.15) is 4.98 Å². The zero-order valence-electron chi connectivity index (χ0n) is 24.4. The Morgan fingerprint density at radius 3 is 2.40 bits per heavy atom. The van der Waals surface area contributed by atoms with Gasteiger partial charge >= 0.3 is 0 Å². The number of halogens is 1. The summed E-state index contributed by atoms with van der Waals surface area (Å²) in [6.07, 6.45) is 1.27. The van der Waals surface area contributed by atoms with Gasteiger partial charge in [-0.15, -0.1) is 0 Å². The number of rotatable bonds is 9. The van der Waals surface area contributed by atoms with Crippen molar-refractivity contribution >= 4 is 22.7 Å². The molecule has 1 amide bonds. The van der Waals surface area contributed by atoms with Crippen molar-refractivity contribution in [3.8, 4) is 28.2 Å². The van der Waals surface area contributed by atoms with Crippen LogP contribution in [0.3, 0.4) is 0 Å². The number of carbonyl (C=O) groups is 2. The monoisotopic (exact) mass is 569 g/mol. The van der Waals surface area contributed by atoms with Crippen LogP contribution in [0.15, 0.2) is 69.9 Å². The van der Waals surface area contributed by atoms with Crippen LogP contribution in [-0.2, 0) is 5.41 Å². The molecule has 0 aliphatic carbocycles. The van der Waals surface area contributed by atoms with E-state index in [-0.39, 0.29) is 24.2 Å². The number of furan rings is 1. The zero-order valence-corrected chi connectivity index (χ0v) is 24.4. The molecule has 2 heterocycles. The molecule has 5 aromatic rings. The van der Waals surface area contributed by atoms with Crippen LogP contribution in [0, 0.1) is 12.7 Å². The second-order valence-corrected chi connectivity index (χ2v) is 11.2. The van der Waals surface area contributed by atoms with E-state index in [1.54, 1.807) is 25.2 Å². The third kappa shape index (κ3) is 5.54. The maximum Gasteiger partial charge on any atom is 0.255 e. The molecule has 0 spiro atoms. The SMILES string of the molecule is CNC(=O)c1c(-c2ccc(F)cc2)oc2cc(OC(C)C)c(-c3ccc(C)c(C(=O)CC(C)(C)c4ncon4)c3)cc12. The summed E-state index contributed by atoms with van der Waals surface area (Å²) in [4.78, 5) is 30.9. The van der Waals surface area contributed by atoms with Gasteiger partial charge in [0.25, 0.3) is 5.91 Å². The summed E-state index contributed by atoms with van der Waals surface area (Å²) in [6.45, 7) is 9.52. The van der Waals surface area contributed by atoms with E-state index >= 15 is 0 Å². The summed E-state index contributed by atoms with van der Waals surface area (Å²) in [5.74, 6) is 0.512. The number of amides is 1. The average molecular weight is 570 g/mol. The second-order valence-electron chi connectivity index (χ2n) is 11.2. The zero-order chi connectivity index (χ0) is 30.2. The highest BCUT2D eigenvalue weighted by Gasteiger charge is 2.30. The molecular formula is C33H32FN3O5. The highest BCUT2D eigenvalue weighted by Crippen LogP contribution is 2.41. The van der Waals surface area contributed by atoms with Gasteiger partial charge in [-0.3, -0.25) is 9.59 Å². The third-order valence-electron chi connectivity index (χ3n) is 7.13. The molecule has 8 nitrogen and oxygen atoms in total. The van der Waals surface area contributed by atoms with Gasteiger partial charge in [0.2, 0.25) is 6.39 Å². The van der Waals surface area contributed by atoms with Crippen LogP contribution < -0.4 is 10.1 Å². The summed E-state index contributed by atoms with van der Waals surface area (Å²) < 4.78 is 31.0. The fraction of sp³-hybridized carbons (Fsp3) is 0.273. The Kier molecular flexibility index (Phi) is 7.69. The fourth-order valence-electron chi connectivity index (χ4n) is 4.99. The molecule has 3 aromatic carbocycles. The molecule has 0 saturated heterocycles. The summed E-state index contributed by atoms with van der Waals surface area (Å²) in [5.41, 5.74) is 3.52. The summed E-state index contributed by atoms with van der Waals surface area (Å²) >= 11 is 0. The number of hydrogen-bond donors (Lipinski definition) is 1. The predicted octanol–water partition coefficient (Wildman–Crippen LogP) is 7.29. The number of benzene rings is 3. The first-order chi connectivity index (χ1) is 20.0. The molecule has 0 unspecified atom stereocenters. The van der Waals surface area contributed by atoms with Crippen LogP contribution in [0.1, 0.15) is 66.2 Å². The van der Waals surface area contributed by atoms with E-state index in [4.69, 9.17) is 13.7 Å². The minimum Gasteiger partial charge on any atom is -0.490 e. The number of aromatic nitrogens is 2. The van der Waals surface area contributed by atoms with Crippen LogP contribution in [-0.4, -0.2) is 35.0 Å². The van der Waals surface area contributed by atoms with E-state index in [0.717, 1.165) is 11.1 Å². The minimum atomic E-state index is -0.632. The number of hydrogen-bond acceptors (Lipinski definition) is 7. The van der Waals surface area contributed by atoms with Crippen molar-refractivity contribution in [3.05, 3.63) is 89.3 Å². The van der Waals surface area contributed by atoms with Crippen LogP contribution in [0.2, 0.25) is 0 Å². The van der Waals surface area contributed by atoms with E-state index in [1.807, 2.05) is 58.9 Å². The topological polar surface area (TPSA) is 107 Å². The van der Waals surface area contributed by atoms with Gasteiger partial charge in [0, 0.05) is 47.0 Å². The number of fused-ring (bicyclic) bond motifs is 1. The highest BCUT2D eigenvalue weighted by molar-refractivity contribution is 6.12. The van der Waals surface area contributed by atoms with Crippen LogP contribution in [0.25, 0.3) is 33.4 Å². The van der Waals surface area contributed by atoms with Crippen molar-refractivity contribution in [2.75, 3.05) is 7.05 Å². The lowest BCUT2D eigenvalue weighted by Gasteiger charge is -2.20. The first kappa shape index (κ1) is 28.7. The molecule has 0 fully saturated rings. The van der Waals surface area contributed by atoms with Crippen LogP contribution >= 0.6 is 0 Å².